The van der Waals surface area contributed by atoms with E-state index in [1.807, 2.05) is 6.07 Å². The molecule has 1 aromatic heterocycles. The molecule has 1 atom stereocenters. The number of anilines is 3. The van der Waals surface area contributed by atoms with Gasteiger partial charge in [0.1, 0.15) is 11.6 Å². The Labute approximate surface area is 184 Å². The van der Waals surface area contributed by atoms with Crippen molar-refractivity contribution >= 4 is 23.4 Å². The van der Waals surface area contributed by atoms with Crippen molar-refractivity contribution in [3.05, 3.63) is 52.2 Å². The number of hydrogen-bond donors (Lipinski definition) is 2. The fourth-order valence-electron chi connectivity index (χ4n) is 5.34. The average Bonchev–Trinajstić information content (AvgIpc) is 2.72. The summed E-state index contributed by atoms with van der Waals surface area (Å²) in [6.07, 6.45) is 4.91. The number of carbonyl (C=O) groups is 1. The molecule has 1 aromatic carbocycles. The van der Waals surface area contributed by atoms with Gasteiger partial charge in [-0.1, -0.05) is 43.7 Å². The number of nitrogens with zero attached hydrogens (tertiary/aromatic N) is 3. The van der Waals surface area contributed by atoms with Gasteiger partial charge in [-0.15, -0.1) is 0 Å². The third-order valence-corrected chi connectivity index (χ3v) is 6.74. The molecule has 1 saturated heterocycles. The van der Waals surface area contributed by atoms with Gasteiger partial charge >= 0.3 is 0 Å². The number of nitrogens with one attached hydrogen (secondary N) is 1. The molecular formula is C25H31N5O. The Morgan fingerprint density at radius 1 is 1.13 bits per heavy atom. The summed E-state index contributed by atoms with van der Waals surface area (Å²) >= 11 is 0. The summed E-state index contributed by atoms with van der Waals surface area (Å²) in [6.45, 7) is 8.30. The van der Waals surface area contributed by atoms with Crippen molar-refractivity contribution in [1.29, 1.82) is 0 Å². The zero-order chi connectivity index (χ0) is 21.8. The number of aryl methyl sites for hydroxylation is 1. The van der Waals surface area contributed by atoms with Gasteiger partial charge < -0.3 is 16.0 Å². The summed E-state index contributed by atoms with van der Waals surface area (Å²) in [5.41, 5.74) is 11.4. The van der Waals surface area contributed by atoms with Crippen LogP contribution in [0.25, 0.3) is 0 Å². The molecule has 6 nitrogen and oxygen atoms in total. The largest absolute Gasteiger partial charge is 0.383 e. The summed E-state index contributed by atoms with van der Waals surface area (Å²) in [5.74, 6) is 1.87. The van der Waals surface area contributed by atoms with E-state index >= 15 is 0 Å². The predicted octanol–water partition coefficient (Wildman–Crippen LogP) is 4.56. The molecule has 31 heavy (non-hydrogen) atoms. The van der Waals surface area contributed by atoms with Crippen LogP contribution in [0.5, 0.6) is 0 Å². The Bertz CT molecular complexity index is 1080. The van der Waals surface area contributed by atoms with E-state index in [1.165, 1.54) is 6.42 Å². The first-order valence-electron chi connectivity index (χ1n) is 11.3. The summed E-state index contributed by atoms with van der Waals surface area (Å²) < 4.78 is 0. The number of fused-ring (bicyclic) bond motifs is 1. The zero-order valence-corrected chi connectivity index (χ0v) is 18.7. The number of rotatable bonds is 2. The van der Waals surface area contributed by atoms with Gasteiger partial charge in [-0.25, -0.2) is 0 Å². The maximum atomic E-state index is 13.4. The topological polar surface area (TPSA) is 84.1 Å². The monoisotopic (exact) mass is 417 g/mol. The van der Waals surface area contributed by atoms with Crippen LogP contribution < -0.4 is 16.0 Å². The van der Waals surface area contributed by atoms with Crippen LogP contribution in [-0.4, -0.2) is 28.8 Å². The van der Waals surface area contributed by atoms with Crippen molar-refractivity contribution in [1.82, 2.24) is 9.97 Å². The maximum Gasteiger partial charge on any atom is 0.229 e. The molecule has 0 amide bonds. The van der Waals surface area contributed by atoms with E-state index in [-0.39, 0.29) is 17.1 Å². The fraction of sp³-hybridized carbons (Fsp3) is 0.480. The molecule has 3 heterocycles. The first-order chi connectivity index (χ1) is 14.8. The molecule has 162 valence electrons. The highest BCUT2D eigenvalue weighted by Gasteiger charge is 2.42. The van der Waals surface area contributed by atoms with Crippen LogP contribution in [0.4, 0.5) is 17.6 Å². The second-order valence-electron chi connectivity index (χ2n) is 10.0. The number of benzene rings is 1. The van der Waals surface area contributed by atoms with E-state index in [2.05, 4.69) is 49.2 Å². The number of piperidine rings is 1. The molecule has 1 aliphatic carbocycles. The Balaban J connectivity index is 1.68. The molecule has 2 aliphatic heterocycles. The van der Waals surface area contributed by atoms with Gasteiger partial charge in [0.15, 0.2) is 5.78 Å². The van der Waals surface area contributed by atoms with E-state index in [1.54, 1.807) is 0 Å². The predicted molar refractivity (Wildman–Crippen MR) is 124 cm³/mol. The molecule has 5 rings (SSSR count). The molecule has 3 N–H and O–H groups in total. The molecule has 0 radical (unpaired) electrons. The van der Waals surface area contributed by atoms with Gasteiger partial charge in [0.25, 0.3) is 0 Å². The van der Waals surface area contributed by atoms with Gasteiger partial charge in [-0.3, -0.25) is 4.79 Å². The first kappa shape index (κ1) is 20.0. The van der Waals surface area contributed by atoms with E-state index in [0.29, 0.717) is 18.2 Å². The summed E-state index contributed by atoms with van der Waals surface area (Å²) in [6, 6.07) is 8.35. The second-order valence-corrected chi connectivity index (χ2v) is 10.0. The smallest absolute Gasteiger partial charge is 0.229 e. The van der Waals surface area contributed by atoms with Crippen LogP contribution in [0, 0.1) is 12.3 Å². The highest BCUT2D eigenvalue weighted by Crippen LogP contribution is 2.50. The van der Waals surface area contributed by atoms with Crippen molar-refractivity contribution < 1.29 is 4.79 Å². The number of hydrogen-bond acceptors (Lipinski definition) is 6. The number of nitrogens with two attached hydrogens (primary N) is 1. The van der Waals surface area contributed by atoms with Gasteiger partial charge in [-0.2, -0.15) is 9.97 Å². The van der Waals surface area contributed by atoms with Crippen LogP contribution in [0.2, 0.25) is 0 Å². The second kappa shape index (κ2) is 7.36. The molecule has 2 aromatic rings. The van der Waals surface area contributed by atoms with E-state index < -0.39 is 0 Å². The minimum Gasteiger partial charge on any atom is -0.383 e. The van der Waals surface area contributed by atoms with Crippen molar-refractivity contribution in [2.24, 2.45) is 5.41 Å². The van der Waals surface area contributed by atoms with Gasteiger partial charge in [-0.05, 0) is 43.6 Å². The average molecular weight is 418 g/mol. The van der Waals surface area contributed by atoms with Crippen LogP contribution in [0.15, 0.2) is 35.5 Å². The third kappa shape index (κ3) is 3.58. The minimum absolute atomic E-state index is 0.0775. The number of nitrogen functional groups attached to an aromatic ring is 1. The molecule has 0 unspecified atom stereocenters. The van der Waals surface area contributed by atoms with Crippen molar-refractivity contribution in [3.63, 3.8) is 0 Å². The highest BCUT2D eigenvalue weighted by molar-refractivity contribution is 6.02. The zero-order valence-electron chi connectivity index (χ0n) is 18.7. The van der Waals surface area contributed by atoms with Gasteiger partial charge in [0, 0.05) is 42.3 Å². The van der Waals surface area contributed by atoms with Crippen LogP contribution in [-0.2, 0) is 4.79 Å². The molecule has 1 fully saturated rings. The van der Waals surface area contributed by atoms with Crippen LogP contribution in [0.3, 0.4) is 0 Å². The van der Waals surface area contributed by atoms with Crippen LogP contribution in [0.1, 0.15) is 68.6 Å². The van der Waals surface area contributed by atoms with E-state index in [0.717, 1.165) is 66.1 Å². The Morgan fingerprint density at radius 2 is 1.90 bits per heavy atom. The first-order valence-corrected chi connectivity index (χ1v) is 11.3. The standard InChI is InChI=1S/C25H31N5O/c1-15-8-7-9-16(12-15)19-20-17(13-25(2,3)14-18(20)31)27-23-21(19)22(26)28-24(29-23)30-10-5-4-6-11-30/h7-9,12,19H,4-6,10-11,13-14H2,1-3H3,(H3,26,27,28,29)/t19-/m0/s1. The van der Waals surface area contributed by atoms with Crippen LogP contribution >= 0.6 is 0 Å². The molecule has 3 aliphatic rings. The molecule has 6 heteroatoms. The lowest BCUT2D eigenvalue weighted by molar-refractivity contribution is -0.118. The fourth-order valence-corrected chi connectivity index (χ4v) is 5.34. The SMILES string of the molecule is Cc1cccc([C@H]2C3=C(CC(C)(C)CC3=O)Nc3nc(N4CCCCC4)nc(N)c32)c1. The van der Waals surface area contributed by atoms with E-state index in [4.69, 9.17) is 15.7 Å². The maximum absolute atomic E-state index is 13.4. The van der Waals surface area contributed by atoms with Gasteiger partial charge in [0.05, 0.1) is 0 Å². The lowest BCUT2D eigenvalue weighted by Gasteiger charge is -2.39. The molecule has 0 bridgehead atoms. The highest BCUT2D eigenvalue weighted by atomic mass is 16.1. The van der Waals surface area contributed by atoms with E-state index in [9.17, 15) is 4.79 Å². The quantitative estimate of drug-likeness (QED) is 0.745. The molecular weight excluding hydrogens is 386 g/mol. The number of Topliss-reactive ketones (excluding diaryl/α,β-unsaturated/α-hetero) is 1. The minimum atomic E-state index is -0.231. The number of carbonyl (C=O) groups excluding carboxylic acids is 1. The number of allylic oxidation sites excluding steroid dienone is 2. The summed E-state index contributed by atoms with van der Waals surface area (Å²) in [7, 11) is 0. The Morgan fingerprint density at radius 3 is 2.65 bits per heavy atom. The van der Waals surface area contributed by atoms with Crippen molar-refractivity contribution in [2.75, 3.05) is 29.0 Å². The molecule has 0 spiro atoms. The summed E-state index contributed by atoms with van der Waals surface area (Å²) in [4.78, 5) is 25.2. The van der Waals surface area contributed by atoms with Gasteiger partial charge in [0.2, 0.25) is 5.95 Å². The Hall–Kier alpha value is -2.89. The summed E-state index contributed by atoms with van der Waals surface area (Å²) in [5, 5.41) is 3.52. The normalized spacial score (nSPS) is 22.6. The lowest BCUT2D eigenvalue weighted by atomic mass is 9.69. The number of ketones is 1. The van der Waals surface area contributed by atoms with Crippen molar-refractivity contribution in [2.45, 2.75) is 58.8 Å². The lowest BCUT2D eigenvalue weighted by Crippen LogP contribution is -2.36. The Kier molecular flexibility index (Phi) is 4.76. The third-order valence-electron chi connectivity index (χ3n) is 6.74. The van der Waals surface area contributed by atoms with Crippen molar-refractivity contribution in [3.8, 4) is 0 Å². The number of aromatic nitrogens is 2. The molecule has 0 saturated carbocycles.